The number of hydrogen-bond donors (Lipinski definition) is 0. The maximum atomic E-state index is 11.7. The number of hydrogen-bond acceptors (Lipinski definition) is 2. The van der Waals surface area contributed by atoms with Crippen molar-refractivity contribution in [1.29, 1.82) is 0 Å². The van der Waals surface area contributed by atoms with Crippen LogP contribution in [0.15, 0.2) is 0 Å². The standard InChI is InChI=1S/C24H46O2/c1-3-5-6-7-8-9-10-11-12-13-14-15-16-17-18-19-21-24(26)22-23(25)20-4-2/h3-22H2,1-2H3. The van der Waals surface area contributed by atoms with Crippen LogP contribution in [-0.2, 0) is 9.59 Å². The third kappa shape index (κ3) is 19.7. The molecule has 26 heavy (non-hydrogen) atoms. The van der Waals surface area contributed by atoms with Gasteiger partial charge in [0.2, 0.25) is 0 Å². The first-order valence-corrected chi connectivity index (χ1v) is 11.7. The molecule has 0 radical (unpaired) electrons. The summed E-state index contributed by atoms with van der Waals surface area (Å²) in [6, 6.07) is 0. The highest BCUT2D eigenvalue weighted by Crippen LogP contribution is 2.14. The Morgan fingerprint density at radius 3 is 1.15 bits per heavy atom. The number of rotatable bonds is 21. The topological polar surface area (TPSA) is 34.1 Å². The molecule has 2 nitrogen and oxygen atoms in total. The smallest absolute Gasteiger partial charge is 0.140 e. The quantitative estimate of drug-likeness (QED) is 0.152. The Labute approximate surface area is 163 Å². The van der Waals surface area contributed by atoms with Crippen molar-refractivity contribution in [1.82, 2.24) is 0 Å². The zero-order valence-corrected chi connectivity index (χ0v) is 18.0. The van der Waals surface area contributed by atoms with Gasteiger partial charge < -0.3 is 0 Å². The molecule has 0 amide bonds. The van der Waals surface area contributed by atoms with Crippen molar-refractivity contribution >= 4 is 11.6 Å². The van der Waals surface area contributed by atoms with E-state index in [1.165, 1.54) is 89.9 Å². The monoisotopic (exact) mass is 366 g/mol. The first-order chi connectivity index (χ1) is 12.7. The SMILES string of the molecule is CCCCCCCCCCCCCCCCCCC(=O)CC(=O)CCC. The van der Waals surface area contributed by atoms with Crippen LogP contribution in [0.5, 0.6) is 0 Å². The van der Waals surface area contributed by atoms with E-state index in [0.29, 0.717) is 12.8 Å². The molecule has 0 bridgehead atoms. The molecule has 2 heteroatoms. The second-order valence-corrected chi connectivity index (χ2v) is 8.06. The van der Waals surface area contributed by atoms with Gasteiger partial charge in [0.1, 0.15) is 11.6 Å². The van der Waals surface area contributed by atoms with E-state index >= 15 is 0 Å². The van der Waals surface area contributed by atoms with Gasteiger partial charge in [-0.05, 0) is 12.8 Å². The first kappa shape index (κ1) is 25.3. The molecule has 154 valence electrons. The molecule has 0 saturated heterocycles. The van der Waals surface area contributed by atoms with Crippen molar-refractivity contribution in [3.05, 3.63) is 0 Å². The van der Waals surface area contributed by atoms with Gasteiger partial charge in [-0.3, -0.25) is 9.59 Å². The second kappa shape index (κ2) is 20.6. The van der Waals surface area contributed by atoms with Crippen molar-refractivity contribution in [2.75, 3.05) is 0 Å². The highest BCUT2D eigenvalue weighted by Gasteiger charge is 2.08. The van der Waals surface area contributed by atoms with Crippen LogP contribution >= 0.6 is 0 Å². The van der Waals surface area contributed by atoms with E-state index in [1.807, 2.05) is 6.92 Å². The molecule has 0 rings (SSSR count). The molecule has 0 aliphatic rings. The zero-order chi connectivity index (χ0) is 19.3. The van der Waals surface area contributed by atoms with Crippen molar-refractivity contribution in [3.63, 3.8) is 0 Å². The van der Waals surface area contributed by atoms with Crippen molar-refractivity contribution in [3.8, 4) is 0 Å². The molecule has 0 heterocycles. The minimum Gasteiger partial charge on any atom is -0.299 e. The Hall–Kier alpha value is -0.660. The molecule has 0 unspecified atom stereocenters. The molecule has 0 atom stereocenters. The van der Waals surface area contributed by atoms with E-state index in [4.69, 9.17) is 0 Å². The minimum atomic E-state index is 0.119. The average molecular weight is 367 g/mol. The maximum absolute atomic E-state index is 11.7. The summed E-state index contributed by atoms with van der Waals surface area (Å²) in [6.45, 7) is 4.26. The van der Waals surface area contributed by atoms with Crippen LogP contribution in [0.4, 0.5) is 0 Å². The molecule has 0 aromatic rings. The summed E-state index contributed by atoms with van der Waals surface area (Å²) in [5, 5.41) is 0. The molecule has 0 N–H and O–H groups in total. The maximum Gasteiger partial charge on any atom is 0.140 e. The number of carbonyl (C=O) groups is 2. The van der Waals surface area contributed by atoms with E-state index in [-0.39, 0.29) is 18.0 Å². The van der Waals surface area contributed by atoms with Gasteiger partial charge in [-0.1, -0.05) is 110 Å². The van der Waals surface area contributed by atoms with Gasteiger partial charge in [0.25, 0.3) is 0 Å². The highest BCUT2D eigenvalue weighted by molar-refractivity contribution is 5.98. The molecule has 0 aliphatic carbocycles. The van der Waals surface area contributed by atoms with Crippen molar-refractivity contribution < 1.29 is 9.59 Å². The molecule has 0 aromatic carbocycles. The summed E-state index contributed by atoms with van der Waals surface area (Å²) < 4.78 is 0. The molecule has 0 aromatic heterocycles. The predicted octanol–water partition coefficient (Wildman–Crippen LogP) is 7.97. The van der Waals surface area contributed by atoms with Gasteiger partial charge in [-0.2, -0.15) is 0 Å². The van der Waals surface area contributed by atoms with Crippen LogP contribution in [0, 0.1) is 0 Å². The number of Topliss-reactive ketones (excluding diaryl/α,β-unsaturated/α-hetero) is 2. The Morgan fingerprint density at radius 1 is 0.423 bits per heavy atom. The molecule has 0 aliphatic heterocycles. The van der Waals surface area contributed by atoms with Crippen LogP contribution in [0.1, 0.15) is 142 Å². The Morgan fingerprint density at radius 2 is 0.769 bits per heavy atom. The average Bonchev–Trinajstić information content (AvgIpc) is 2.61. The highest BCUT2D eigenvalue weighted by atomic mass is 16.1. The normalized spacial score (nSPS) is 11.0. The van der Waals surface area contributed by atoms with E-state index in [0.717, 1.165) is 19.3 Å². The van der Waals surface area contributed by atoms with Gasteiger partial charge in [-0.15, -0.1) is 0 Å². The molecular weight excluding hydrogens is 320 g/mol. The van der Waals surface area contributed by atoms with E-state index in [2.05, 4.69) is 6.92 Å². The van der Waals surface area contributed by atoms with Gasteiger partial charge >= 0.3 is 0 Å². The van der Waals surface area contributed by atoms with Gasteiger partial charge in [0.15, 0.2) is 0 Å². The molecule has 0 fully saturated rings. The molecular formula is C24H46O2. The van der Waals surface area contributed by atoms with E-state index in [9.17, 15) is 9.59 Å². The number of ketones is 2. The summed E-state index contributed by atoms with van der Waals surface area (Å²) in [5.41, 5.74) is 0. The Bertz CT molecular complexity index is 322. The van der Waals surface area contributed by atoms with Crippen LogP contribution in [0.3, 0.4) is 0 Å². The van der Waals surface area contributed by atoms with Crippen LogP contribution < -0.4 is 0 Å². The van der Waals surface area contributed by atoms with Gasteiger partial charge in [0, 0.05) is 12.8 Å². The third-order valence-electron chi connectivity index (χ3n) is 5.23. The summed E-state index contributed by atoms with van der Waals surface area (Å²) in [7, 11) is 0. The largest absolute Gasteiger partial charge is 0.299 e. The first-order valence-electron chi connectivity index (χ1n) is 11.7. The third-order valence-corrected chi connectivity index (χ3v) is 5.23. The fourth-order valence-corrected chi connectivity index (χ4v) is 3.55. The fourth-order valence-electron chi connectivity index (χ4n) is 3.55. The summed E-state index contributed by atoms with van der Waals surface area (Å²) >= 11 is 0. The Balaban J connectivity index is 3.15. The van der Waals surface area contributed by atoms with E-state index < -0.39 is 0 Å². The predicted molar refractivity (Wildman–Crippen MR) is 114 cm³/mol. The molecule has 0 spiro atoms. The summed E-state index contributed by atoms with van der Waals surface area (Å²) in [6.07, 6.45) is 23.7. The van der Waals surface area contributed by atoms with Crippen LogP contribution in [0.25, 0.3) is 0 Å². The van der Waals surface area contributed by atoms with Crippen molar-refractivity contribution in [2.45, 2.75) is 142 Å². The van der Waals surface area contributed by atoms with Crippen molar-refractivity contribution in [2.24, 2.45) is 0 Å². The lowest BCUT2D eigenvalue weighted by molar-refractivity contribution is -0.127. The summed E-state index contributed by atoms with van der Waals surface area (Å²) in [5.74, 6) is 0.266. The summed E-state index contributed by atoms with van der Waals surface area (Å²) in [4.78, 5) is 23.1. The number of carbonyl (C=O) groups excluding carboxylic acids is 2. The van der Waals surface area contributed by atoms with Gasteiger partial charge in [-0.25, -0.2) is 0 Å². The Kier molecular flexibility index (Phi) is 20.1. The molecule has 0 saturated carbocycles. The minimum absolute atomic E-state index is 0.119. The van der Waals surface area contributed by atoms with Gasteiger partial charge in [0.05, 0.1) is 6.42 Å². The lowest BCUT2D eigenvalue weighted by Crippen LogP contribution is -2.07. The lowest BCUT2D eigenvalue weighted by atomic mass is 10.0. The van der Waals surface area contributed by atoms with E-state index in [1.54, 1.807) is 0 Å². The number of unbranched alkanes of at least 4 members (excludes halogenated alkanes) is 15. The second-order valence-electron chi connectivity index (χ2n) is 8.06. The van der Waals surface area contributed by atoms with Crippen LogP contribution in [-0.4, -0.2) is 11.6 Å². The van der Waals surface area contributed by atoms with Crippen LogP contribution in [0.2, 0.25) is 0 Å². The fraction of sp³-hybridized carbons (Fsp3) is 0.917. The zero-order valence-electron chi connectivity index (χ0n) is 18.0. The lowest BCUT2D eigenvalue weighted by Gasteiger charge is -2.04.